The Balaban J connectivity index is 1.48. The first-order valence-corrected chi connectivity index (χ1v) is 9.54. The van der Waals surface area contributed by atoms with Crippen molar-refractivity contribution in [2.45, 2.75) is 19.8 Å². The van der Waals surface area contributed by atoms with Gasteiger partial charge in [0.25, 0.3) is 5.91 Å². The number of amides is 1. The van der Waals surface area contributed by atoms with Crippen molar-refractivity contribution in [3.63, 3.8) is 0 Å². The molecule has 0 aliphatic carbocycles. The summed E-state index contributed by atoms with van der Waals surface area (Å²) in [6.45, 7) is 6.63. The Morgan fingerprint density at radius 1 is 1.33 bits per heavy atom. The number of aryl methyl sites for hydroxylation is 2. The van der Waals surface area contributed by atoms with E-state index in [1.54, 1.807) is 11.8 Å². The van der Waals surface area contributed by atoms with Gasteiger partial charge in [0.15, 0.2) is 5.82 Å². The zero-order valence-electron chi connectivity index (χ0n) is 16.4. The fourth-order valence-corrected chi connectivity index (χ4v) is 3.59. The number of nitrogens with zero attached hydrogens (tertiary/aromatic N) is 4. The number of carbonyl (C=O) groups is 1. The Labute approximate surface area is 160 Å². The van der Waals surface area contributed by atoms with E-state index in [0.29, 0.717) is 11.5 Å². The molecule has 1 aromatic carbocycles. The molecule has 1 aliphatic heterocycles. The van der Waals surface area contributed by atoms with Crippen molar-refractivity contribution < 1.29 is 9.53 Å². The van der Waals surface area contributed by atoms with Crippen LogP contribution in [0.5, 0.6) is 0 Å². The highest BCUT2D eigenvalue weighted by Crippen LogP contribution is 2.18. The molecule has 0 radical (unpaired) electrons. The van der Waals surface area contributed by atoms with Gasteiger partial charge in [0.05, 0.1) is 0 Å². The molecule has 0 bridgehead atoms. The summed E-state index contributed by atoms with van der Waals surface area (Å²) in [5.41, 5.74) is 1.63. The molecule has 0 unspecified atom stereocenters. The zero-order chi connectivity index (χ0) is 19.2. The number of likely N-dealkylation sites (tertiary alicyclic amines) is 1. The standard InChI is InChI=1S/C20H29N5O2/c1-15-22-19(24(2)23-15)17-5-7-18(8-6-17)20(26)21-13-16-9-11-25(14-16)10-4-12-27-3/h5-8,16H,4,9-14H2,1-3H3,(H,21,26)/t16-/m0/s1. The molecule has 2 aromatic rings. The third-order valence-electron chi connectivity index (χ3n) is 5.02. The van der Waals surface area contributed by atoms with Crippen LogP contribution < -0.4 is 5.32 Å². The van der Waals surface area contributed by atoms with Crippen molar-refractivity contribution in [2.75, 3.05) is 39.9 Å². The molecule has 7 heteroatoms. The lowest BCUT2D eigenvalue weighted by molar-refractivity contribution is 0.0947. The topological polar surface area (TPSA) is 72.3 Å². The van der Waals surface area contributed by atoms with E-state index in [0.717, 1.165) is 62.8 Å². The second kappa shape index (κ2) is 9.10. The highest BCUT2D eigenvalue weighted by molar-refractivity contribution is 5.94. The maximum Gasteiger partial charge on any atom is 0.251 e. The van der Waals surface area contributed by atoms with E-state index in [1.807, 2.05) is 38.2 Å². The van der Waals surface area contributed by atoms with Crippen molar-refractivity contribution in [3.8, 4) is 11.4 Å². The van der Waals surface area contributed by atoms with Crippen LogP contribution in [0, 0.1) is 12.8 Å². The molecular formula is C20H29N5O2. The van der Waals surface area contributed by atoms with E-state index in [4.69, 9.17) is 4.74 Å². The highest BCUT2D eigenvalue weighted by atomic mass is 16.5. The second-order valence-corrected chi connectivity index (χ2v) is 7.20. The molecule has 1 aliphatic rings. The maximum absolute atomic E-state index is 12.4. The summed E-state index contributed by atoms with van der Waals surface area (Å²) in [5.74, 6) is 2.05. The second-order valence-electron chi connectivity index (χ2n) is 7.20. The summed E-state index contributed by atoms with van der Waals surface area (Å²) < 4.78 is 6.86. The minimum Gasteiger partial charge on any atom is -0.385 e. The van der Waals surface area contributed by atoms with Gasteiger partial charge >= 0.3 is 0 Å². The minimum atomic E-state index is -0.0199. The Morgan fingerprint density at radius 3 is 2.78 bits per heavy atom. The first kappa shape index (κ1) is 19.5. The number of carbonyl (C=O) groups excluding carboxylic acids is 1. The van der Waals surface area contributed by atoms with E-state index in [-0.39, 0.29) is 5.91 Å². The van der Waals surface area contributed by atoms with Crippen molar-refractivity contribution in [1.29, 1.82) is 0 Å². The van der Waals surface area contributed by atoms with Gasteiger partial charge in [-0.15, -0.1) is 0 Å². The first-order valence-electron chi connectivity index (χ1n) is 9.54. The van der Waals surface area contributed by atoms with Crippen LogP contribution in [-0.4, -0.2) is 65.5 Å². The molecule has 1 N–H and O–H groups in total. The first-order chi connectivity index (χ1) is 13.1. The van der Waals surface area contributed by atoms with E-state index in [2.05, 4.69) is 20.3 Å². The number of benzene rings is 1. The smallest absolute Gasteiger partial charge is 0.251 e. The predicted octanol–water partition coefficient (Wildman–Crippen LogP) is 1.88. The molecule has 3 rings (SSSR count). The molecule has 27 heavy (non-hydrogen) atoms. The summed E-state index contributed by atoms with van der Waals surface area (Å²) in [7, 11) is 3.61. The Bertz CT molecular complexity index is 756. The molecule has 2 heterocycles. The number of nitrogens with one attached hydrogen (secondary N) is 1. The average Bonchev–Trinajstić information content (AvgIpc) is 3.26. The van der Waals surface area contributed by atoms with Crippen LogP contribution in [0.2, 0.25) is 0 Å². The lowest BCUT2D eigenvalue weighted by Gasteiger charge is -2.16. The van der Waals surface area contributed by atoms with Gasteiger partial charge in [-0.05, 0) is 44.4 Å². The molecule has 146 valence electrons. The van der Waals surface area contributed by atoms with Gasteiger partial charge in [0.1, 0.15) is 5.82 Å². The Kier molecular flexibility index (Phi) is 6.58. The average molecular weight is 371 g/mol. The quantitative estimate of drug-likeness (QED) is 0.718. The van der Waals surface area contributed by atoms with E-state index < -0.39 is 0 Å². The van der Waals surface area contributed by atoms with Gasteiger partial charge in [0.2, 0.25) is 0 Å². The molecule has 7 nitrogen and oxygen atoms in total. The normalized spacial score (nSPS) is 17.4. The van der Waals surface area contributed by atoms with E-state index in [9.17, 15) is 4.79 Å². The van der Waals surface area contributed by atoms with Crippen molar-refractivity contribution in [2.24, 2.45) is 13.0 Å². The van der Waals surface area contributed by atoms with Crippen LogP contribution in [-0.2, 0) is 11.8 Å². The van der Waals surface area contributed by atoms with Crippen LogP contribution in [0.15, 0.2) is 24.3 Å². The number of hydrogen-bond donors (Lipinski definition) is 1. The number of aromatic nitrogens is 3. The monoisotopic (exact) mass is 371 g/mol. The van der Waals surface area contributed by atoms with Crippen molar-refractivity contribution in [3.05, 3.63) is 35.7 Å². The summed E-state index contributed by atoms with van der Waals surface area (Å²) in [6, 6.07) is 7.54. The zero-order valence-corrected chi connectivity index (χ0v) is 16.4. The summed E-state index contributed by atoms with van der Waals surface area (Å²) in [4.78, 5) is 19.3. The maximum atomic E-state index is 12.4. The Hall–Kier alpha value is -2.25. The van der Waals surface area contributed by atoms with E-state index >= 15 is 0 Å². The third-order valence-corrected chi connectivity index (χ3v) is 5.02. The van der Waals surface area contributed by atoms with E-state index in [1.165, 1.54) is 0 Å². The lowest BCUT2D eigenvalue weighted by atomic mass is 10.1. The number of ether oxygens (including phenoxy) is 1. The summed E-state index contributed by atoms with van der Waals surface area (Å²) >= 11 is 0. The fraction of sp³-hybridized carbons (Fsp3) is 0.550. The van der Waals surface area contributed by atoms with Gasteiger partial charge in [0, 0.05) is 51.5 Å². The molecule has 0 saturated carbocycles. The molecule has 1 fully saturated rings. The molecule has 1 atom stereocenters. The molecule has 1 saturated heterocycles. The molecule has 1 amide bonds. The highest BCUT2D eigenvalue weighted by Gasteiger charge is 2.22. The van der Waals surface area contributed by atoms with Gasteiger partial charge in [-0.25, -0.2) is 9.67 Å². The number of rotatable bonds is 8. The van der Waals surface area contributed by atoms with Crippen LogP contribution in [0.4, 0.5) is 0 Å². The number of methoxy groups -OCH3 is 1. The van der Waals surface area contributed by atoms with Crippen LogP contribution in [0.1, 0.15) is 29.0 Å². The largest absolute Gasteiger partial charge is 0.385 e. The number of hydrogen-bond acceptors (Lipinski definition) is 5. The van der Waals surface area contributed by atoms with Gasteiger partial charge < -0.3 is 15.0 Å². The summed E-state index contributed by atoms with van der Waals surface area (Å²) in [5, 5.41) is 7.34. The SMILES string of the molecule is COCCCN1CC[C@@H](CNC(=O)c2ccc(-c3nc(C)nn3C)cc2)C1. The van der Waals surface area contributed by atoms with Crippen LogP contribution in [0.25, 0.3) is 11.4 Å². The van der Waals surface area contributed by atoms with Crippen LogP contribution in [0.3, 0.4) is 0 Å². The molecule has 0 spiro atoms. The van der Waals surface area contributed by atoms with Crippen LogP contribution >= 0.6 is 0 Å². The lowest BCUT2D eigenvalue weighted by Crippen LogP contribution is -2.31. The molecular weight excluding hydrogens is 342 g/mol. The Morgan fingerprint density at radius 2 is 2.11 bits per heavy atom. The molecule has 1 aromatic heterocycles. The van der Waals surface area contributed by atoms with Crippen molar-refractivity contribution in [1.82, 2.24) is 25.0 Å². The van der Waals surface area contributed by atoms with Crippen molar-refractivity contribution >= 4 is 5.91 Å². The minimum absolute atomic E-state index is 0.0199. The fourth-order valence-electron chi connectivity index (χ4n) is 3.59. The van der Waals surface area contributed by atoms with Gasteiger partial charge in [-0.2, -0.15) is 5.10 Å². The summed E-state index contributed by atoms with van der Waals surface area (Å²) in [6.07, 6.45) is 2.20. The van der Waals surface area contributed by atoms with Gasteiger partial charge in [-0.3, -0.25) is 4.79 Å². The predicted molar refractivity (Wildman–Crippen MR) is 105 cm³/mol. The third kappa shape index (κ3) is 5.14. The van der Waals surface area contributed by atoms with Gasteiger partial charge in [-0.1, -0.05) is 12.1 Å².